The van der Waals surface area contributed by atoms with E-state index in [4.69, 9.17) is 0 Å². The summed E-state index contributed by atoms with van der Waals surface area (Å²) in [4.78, 5) is 1.55. The summed E-state index contributed by atoms with van der Waals surface area (Å²) >= 11 is 0. The van der Waals surface area contributed by atoms with Crippen molar-refractivity contribution in [2.45, 2.75) is 20.8 Å². The van der Waals surface area contributed by atoms with Crippen molar-refractivity contribution in [3.63, 3.8) is 0 Å². The first-order valence-corrected chi connectivity index (χ1v) is 5.94. The first-order chi connectivity index (χ1) is 7.76. The molecule has 0 unspecified atom stereocenters. The molecule has 0 radical (unpaired) electrons. The van der Waals surface area contributed by atoms with Crippen LogP contribution in [0.2, 0.25) is 0 Å². The zero-order valence-corrected chi connectivity index (χ0v) is 10.5. The Balaban J connectivity index is 2.45. The summed E-state index contributed by atoms with van der Waals surface area (Å²) in [6, 6.07) is 10.0. The lowest BCUT2D eigenvalue weighted by Crippen LogP contribution is -3.12. The number of hydrogen-bond acceptors (Lipinski definition) is 2. The SMILES string of the molecule is CC[NH+](CC)C/C(C)=N/Nc1ccccc1. The summed E-state index contributed by atoms with van der Waals surface area (Å²) in [5.74, 6) is 0. The molecule has 2 N–H and O–H groups in total. The molecule has 0 amide bonds. The Hall–Kier alpha value is -1.35. The van der Waals surface area contributed by atoms with Gasteiger partial charge in [0, 0.05) is 0 Å². The minimum absolute atomic E-state index is 1.01. The van der Waals surface area contributed by atoms with Crippen LogP contribution in [0.25, 0.3) is 0 Å². The van der Waals surface area contributed by atoms with Crippen LogP contribution in [0.15, 0.2) is 35.4 Å². The normalized spacial score (nSPS) is 11.9. The molecule has 1 aromatic carbocycles. The molecule has 0 heterocycles. The molecule has 0 bridgehead atoms. The van der Waals surface area contributed by atoms with Gasteiger partial charge in [0.2, 0.25) is 0 Å². The van der Waals surface area contributed by atoms with E-state index in [1.54, 1.807) is 4.90 Å². The molecule has 1 rings (SSSR count). The van der Waals surface area contributed by atoms with Gasteiger partial charge >= 0.3 is 0 Å². The van der Waals surface area contributed by atoms with Crippen LogP contribution in [0, 0.1) is 0 Å². The first kappa shape index (κ1) is 12.7. The second-order valence-electron chi connectivity index (χ2n) is 3.96. The summed E-state index contributed by atoms with van der Waals surface area (Å²) in [6.45, 7) is 9.78. The average Bonchev–Trinajstić information content (AvgIpc) is 2.34. The van der Waals surface area contributed by atoms with Crippen molar-refractivity contribution in [2.24, 2.45) is 5.10 Å². The molecular formula is C13H22N3+. The lowest BCUT2D eigenvalue weighted by Gasteiger charge is -2.14. The number of quaternary nitrogens is 1. The molecule has 16 heavy (non-hydrogen) atoms. The summed E-state index contributed by atoms with van der Waals surface area (Å²) in [5, 5.41) is 4.38. The highest BCUT2D eigenvalue weighted by Gasteiger charge is 2.03. The van der Waals surface area contributed by atoms with E-state index >= 15 is 0 Å². The number of anilines is 1. The van der Waals surface area contributed by atoms with Gasteiger partial charge < -0.3 is 4.90 Å². The van der Waals surface area contributed by atoms with Crippen molar-refractivity contribution in [1.29, 1.82) is 0 Å². The molecule has 0 atom stereocenters. The maximum Gasteiger partial charge on any atom is 0.118 e. The number of hydrazone groups is 1. The molecule has 0 saturated carbocycles. The van der Waals surface area contributed by atoms with Crippen molar-refractivity contribution in [2.75, 3.05) is 25.1 Å². The Morgan fingerprint density at radius 1 is 1.19 bits per heavy atom. The third-order valence-corrected chi connectivity index (χ3v) is 2.66. The number of benzene rings is 1. The van der Waals surface area contributed by atoms with E-state index < -0.39 is 0 Å². The van der Waals surface area contributed by atoms with Crippen molar-refractivity contribution >= 4 is 11.4 Å². The highest BCUT2D eigenvalue weighted by Crippen LogP contribution is 2.04. The van der Waals surface area contributed by atoms with Gasteiger partial charge in [-0.25, -0.2) is 0 Å². The fraction of sp³-hybridized carbons (Fsp3) is 0.462. The van der Waals surface area contributed by atoms with Gasteiger partial charge in [0.05, 0.1) is 24.5 Å². The fourth-order valence-corrected chi connectivity index (χ4v) is 1.57. The molecular weight excluding hydrogens is 198 g/mol. The molecule has 3 heteroatoms. The maximum absolute atomic E-state index is 4.38. The van der Waals surface area contributed by atoms with E-state index in [2.05, 4.69) is 31.3 Å². The van der Waals surface area contributed by atoms with Gasteiger partial charge in [-0.05, 0) is 32.9 Å². The first-order valence-electron chi connectivity index (χ1n) is 5.94. The minimum atomic E-state index is 1.01. The van der Waals surface area contributed by atoms with E-state index in [0.29, 0.717) is 0 Å². The van der Waals surface area contributed by atoms with Crippen molar-refractivity contribution in [3.8, 4) is 0 Å². The van der Waals surface area contributed by atoms with Crippen LogP contribution in [0.3, 0.4) is 0 Å². The van der Waals surface area contributed by atoms with E-state index in [9.17, 15) is 0 Å². The van der Waals surface area contributed by atoms with E-state index in [1.807, 2.05) is 30.3 Å². The van der Waals surface area contributed by atoms with Gasteiger partial charge in [-0.3, -0.25) is 5.43 Å². The lowest BCUT2D eigenvalue weighted by atomic mass is 10.3. The van der Waals surface area contributed by atoms with Crippen LogP contribution in [0.1, 0.15) is 20.8 Å². The Morgan fingerprint density at radius 2 is 1.81 bits per heavy atom. The number of hydrogen-bond donors (Lipinski definition) is 2. The van der Waals surface area contributed by atoms with Gasteiger partial charge in [0.25, 0.3) is 0 Å². The minimum Gasteiger partial charge on any atom is -0.331 e. The van der Waals surface area contributed by atoms with E-state index in [-0.39, 0.29) is 0 Å². The van der Waals surface area contributed by atoms with E-state index in [1.165, 1.54) is 0 Å². The standard InChI is InChI=1S/C13H21N3/c1-4-16(5-2)11-12(3)14-15-13-9-7-6-8-10-13/h6-10,15H,4-5,11H2,1-3H3/p+1/b14-12+. The summed E-state index contributed by atoms with van der Waals surface area (Å²) < 4.78 is 0. The number of rotatable bonds is 6. The average molecular weight is 220 g/mol. The monoisotopic (exact) mass is 220 g/mol. The molecule has 3 nitrogen and oxygen atoms in total. The predicted octanol–water partition coefficient (Wildman–Crippen LogP) is 1.40. The van der Waals surface area contributed by atoms with Crippen LogP contribution < -0.4 is 10.3 Å². The molecule has 0 aromatic heterocycles. The number of para-hydroxylation sites is 1. The van der Waals surface area contributed by atoms with Crippen LogP contribution in [-0.4, -0.2) is 25.3 Å². The van der Waals surface area contributed by atoms with Crippen LogP contribution >= 0.6 is 0 Å². The van der Waals surface area contributed by atoms with Gasteiger partial charge in [-0.2, -0.15) is 5.10 Å². The third kappa shape index (κ3) is 4.45. The summed E-state index contributed by atoms with van der Waals surface area (Å²) in [5.41, 5.74) is 5.25. The largest absolute Gasteiger partial charge is 0.331 e. The Kier molecular flexibility index (Phi) is 5.57. The van der Waals surface area contributed by atoms with Crippen molar-refractivity contribution < 1.29 is 4.90 Å². The van der Waals surface area contributed by atoms with Gasteiger partial charge in [0.1, 0.15) is 6.54 Å². The Bertz CT molecular complexity index is 315. The summed E-state index contributed by atoms with van der Waals surface area (Å²) in [6.07, 6.45) is 0. The molecule has 88 valence electrons. The zero-order chi connectivity index (χ0) is 11.8. The Labute approximate surface area is 98.2 Å². The van der Waals surface area contributed by atoms with Crippen molar-refractivity contribution in [1.82, 2.24) is 0 Å². The van der Waals surface area contributed by atoms with Crippen LogP contribution in [0.4, 0.5) is 5.69 Å². The second kappa shape index (κ2) is 7.01. The summed E-state index contributed by atoms with van der Waals surface area (Å²) in [7, 11) is 0. The molecule has 0 spiro atoms. The van der Waals surface area contributed by atoms with Crippen LogP contribution in [-0.2, 0) is 0 Å². The number of nitrogens with zero attached hydrogens (tertiary/aromatic N) is 1. The fourth-order valence-electron chi connectivity index (χ4n) is 1.57. The highest BCUT2D eigenvalue weighted by atomic mass is 15.3. The predicted molar refractivity (Wildman–Crippen MR) is 70.1 cm³/mol. The van der Waals surface area contributed by atoms with Crippen molar-refractivity contribution in [3.05, 3.63) is 30.3 Å². The van der Waals surface area contributed by atoms with E-state index in [0.717, 1.165) is 31.0 Å². The third-order valence-electron chi connectivity index (χ3n) is 2.66. The van der Waals surface area contributed by atoms with Gasteiger partial charge in [0.15, 0.2) is 0 Å². The molecule has 0 aliphatic carbocycles. The topological polar surface area (TPSA) is 28.8 Å². The number of nitrogens with one attached hydrogen (secondary N) is 2. The molecule has 1 aromatic rings. The lowest BCUT2D eigenvalue weighted by molar-refractivity contribution is -0.887. The molecule has 0 aliphatic heterocycles. The zero-order valence-electron chi connectivity index (χ0n) is 10.5. The maximum atomic E-state index is 4.38. The highest BCUT2D eigenvalue weighted by molar-refractivity contribution is 5.83. The quantitative estimate of drug-likeness (QED) is 0.550. The molecule has 0 saturated heterocycles. The van der Waals surface area contributed by atoms with Crippen LogP contribution in [0.5, 0.6) is 0 Å². The second-order valence-corrected chi connectivity index (χ2v) is 3.96. The van der Waals surface area contributed by atoms with Gasteiger partial charge in [-0.15, -0.1) is 0 Å². The molecule has 0 aliphatic rings. The van der Waals surface area contributed by atoms with Gasteiger partial charge in [-0.1, -0.05) is 18.2 Å². The molecule has 0 fully saturated rings. The smallest absolute Gasteiger partial charge is 0.118 e. The Morgan fingerprint density at radius 3 is 2.38 bits per heavy atom.